The van der Waals surface area contributed by atoms with Crippen molar-refractivity contribution < 1.29 is 9.31 Å². The molecule has 1 saturated heterocycles. The maximum Gasteiger partial charge on any atom is 0.514 e. The summed E-state index contributed by atoms with van der Waals surface area (Å²) in [6, 6.07) is 17.0. The molecule has 0 atom stereocenters. The average molecular weight is 361 g/mol. The van der Waals surface area contributed by atoms with Gasteiger partial charge in [-0.05, 0) is 63.1 Å². The highest BCUT2D eigenvalue weighted by Gasteiger charge is 2.52. The van der Waals surface area contributed by atoms with Crippen LogP contribution in [0.1, 0.15) is 27.7 Å². The molecule has 3 aromatic rings. The molecule has 3 heterocycles. The van der Waals surface area contributed by atoms with Crippen LogP contribution in [0.4, 0.5) is 0 Å². The average Bonchev–Trinajstić information content (AvgIpc) is 2.83. The number of hydrogen-bond donors (Lipinski definition) is 0. The van der Waals surface area contributed by atoms with Gasteiger partial charge in [0.2, 0.25) is 0 Å². The van der Waals surface area contributed by atoms with Crippen molar-refractivity contribution in [2.75, 3.05) is 0 Å². The van der Waals surface area contributed by atoms with E-state index in [1.165, 1.54) is 26.3 Å². The van der Waals surface area contributed by atoms with E-state index in [0.717, 1.165) is 11.1 Å². The first-order valence-electron chi connectivity index (χ1n) is 8.92. The zero-order valence-electron chi connectivity index (χ0n) is 15.4. The second kappa shape index (κ2) is 5.35. The summed E-state index contributed by atoms with van der Waals surface area (Å²) in [4.78, 5) is 7.43. The molecule has 0 radical (unpaired) electrons. The normalized spacial score (nSPS) is 19.6. The Morgan fingerprint density at radius 1 is 0.846 bits per heavy atom. The Hall–Kier alpha value is -1.82. The molecule has 3 nitrogen and oxygen atoms in total. The molecule has 5 heteroatoms. The van der Waals surface area contributed by atoms with Crippen molar-refractivity contribution in [3.63, 3.8) is 0 Å². The van der Waals surface area contributed by atoms with E-state index in [0.29, 0.717) is 0 Å². The predicted molar refractivity (Wildman–Crippen MR) is 107 cm³/mol. The maximum absolute atomic E-state index is 6.24. The molecule has 1 aromatic heterocycles. The van der Waals surface area contributed by atoms with Gasteiger partial charge in [0.1, 0.15) is 0 Å². The number of nitrogens with zero attached hydrogens (tertiary/aromatic N) is 1. The first-order chi connectivity index (χ1) is 12.4. The molecule has 0 unspecified atom stereocenters. The Kier molecular flexibility index (Phi) is 3.37. The summed E-state index contributed by atoms with van der Waals surface area (Å²) >= 11 is 1.81. The van der Waals surface area contributed by atoms with Gasteiger partial charge in [0.05, 0.1) is 22.3 Å². The number of rotatable bonds is 1. The van der Waals surface area contributed by atoms with Gasteiger partial charge in [-0.15, -0.1) is 0 Å². The third-order valence-corrected chi connectivity index (χ3v) is 6.84. The molecule has 0 bridgehead atoms. The van der Waals surface area contributed by atoms with E-state index in [-0.39, 0.29) is 11.2 Å². The molecule has 0 aliphatic carbocycles. The molecule has 26 heavy (non-hydrogen) atoms. The second-order valence-corrected chi connectivity index (χ2v) is 9.02. The van der Waals surface area contributed by atoms with Crippen LogP contribution < -0.4 is 5.59 Å². The summed E-state index contributed by atoms with van der Waals surface area (Å²) in [5.41, 5.74) is 3.55. The van der Waals surface area contributed by atoms with E-state index in [2.05, 4.69) is 76.2 Å². The highest BCUT2D eigenvalue weighted by Crippen LogP contribution is 2.47. The second-order valence-electron chi connectivity index (χ2n) is 7.93. The fraction of sp³-hybridized carbons (Fsp3) is 0.286. The van der Waals surface area contributed by atoms with Crippen LogP contribution in [-0.4, -0.2) is 23.3 Å². The first-order valence-corrected chi connectivity index (χ1v) is 9.74. The lowest BCUT2D eigenvalue weighted by atomic mass is 9.82. The van der Waals surface area contributed by atoms with Gasteiger partial charge in [-0.25, -0.2) is 0 Å². The zero-order valence-corrected chi connectivity index (χ0v) is 16.2. The molecule has 2 aliphatic rings. The summed E-state index contributed by atoms with van der Waals surface area (Å²) in [5.74, 6) is 0. The molecule has 130 valence electrons. The summed E-state index contributed by atoms with van der Waals surface area (Å²) in [6.07, 6.45) is 0. The van der Waals surface area contributed by atoms with Crippen molar-refractivity contribution in [1.29, 1.82) is 0 Å². The molecule has 0 amide bonds. The Bertz CT molecular complexity index is 1030. The van der Waals surface area contributed by atoms with Gasteiger partial charge < -0.3 is 9.31 Å². The van der Waals surface area contributed by atoms with E-state index in [4.69, 9.17) is 14.3 Å². The molecule has 0 N–H and O–H groups in total. The van der Waals surface area contributed by atoms with Crippen LogP contribution in [-0.2, 0) is 9.31 Å². The largest absolute Gasteiger partial charge is 0.514 e. The molecular weight excluding hydrogens is 341 g/mol. The van der Waals surface area contributed by atoms with Gasteiger partial charge in [0.25, 0.3) is 0 Å². The van der Waals surface area contributed by atoms with Crippen LogP contribution in [0.5, 0.6) is 0 Å². The van der Waals surface area contributed by atoms with E-state index in [1.54, 1.807) is 0 Å². The molecule has 2 aromatic carbocycles. The third-order valence-electron chi connectivity index (χ3n) is 5.71. The van der Waals surface area contributed by atoms with Gasteiger partial charge in [-0.3, -0.25) is 4.98 Å². The molecule has 5 rings (SSSR count). The minimum absolute atomic E-state index is 0.374. The van der Waals surface area contributed by atoms with Gasteiger partial charge in [0, 0.05) is 15.2 Å². The number of fused-ring (bicyclic) bond motifs is 2. The minimum Gasteiger partial charge on any atom is -0.398 e. The van der Waals surface area contributed by atoms with Crippen molar-refractivity contribution in [2.24, 2.45) is 0 Å². The molecule has 2 aliphatic heterocycles. The summed E-state index contributed by atoms with van der Waals surface area (Å²) in [5, 5.41) is 1.22. The Labute approximate surface area is 158 Å². The van der Waals surface area contributed by atoms with Gasteiger partial charge in [-0.2, -0.15) is 0 Å². The highest BCUT2D eigenvalue weighted by atomic mass is 32.2. The summed E-state index contributed by atoms with van der Waals surface area (Å²) < 4.78 is 12.5. The first kappa shape index (κ1) is 16.4. The standard InChI is InChI=1S/C21H20BNO2S/c1-20(2)21(3,4)25-22(24-20)18-12-14-13-8-5-6-10-16(13)26-17-11-7-9-15(23-18)19(14)17/h5-12H,1-4H3. The van der Waals surface area contributed by atoms with Gasteiger partial charge in [-0.1, -0.05) is 36.0 Å². The SMILES string of the molecule is CC1(C)OB(c2cc3c4c(cccc4n2)Sc2ccccc2-3)OC1(C)C. The summed E-state index contributed by atoms with van der Waals surface area (Å²) in [6.45, 7) is 8.29. The highest BCUT2D eigenvalue weighted by molar-refractivity contribution is 7.99. The smallest absolute Gasteiger partial charge is 0.398 e. The van der Waals surface area contributed by atoms with Gasteiger partial charge in [0.15, 0.2) is 0 Å². The topological polar surface area (TPSA) is 31.4 Å². The molecule has 0 spiro atoms. The fourth-order valence-electron chi connectivity index (χ4n) is 3.55. The van der Waals surface area contributed by atoms with E-state index >= 15 is 0 Å². The Morgan fingerprint density at radius 3 is 2.31 bits per heavy atom. The Morgan fingerprint density at radius 2 is 1.54 bits per heavy atom. The third kappa shape index (κ3) is 2.27. The van der Waals surface area contributed by atoms with Crippen LogP contribution >= 0.6 is 11.8 Å². The monoisotopic (exact) mass is 361 g/mol. The number of pyridine rings is 1. The van der Waals surface area contributed by atoms with Crippen LogP contribution in [0.25, 0.3) is 22.0 Å². The van der Waals surface area contributed by atoms with Gasteiger partial charge >= 0.3 is 7.12 Å². The van der Waals surface area contributed by atoms with Crippen LogP contribution in [0, 0.1) is 0 Å². The lowest BCUT2D eigenvalue weighted by Gasteiger charge is -2.32. The number of hydrogen-bond acceptors (Lipinski definition) is 4. The lowest BCUT2D eigenvalue weighted by molar-refractivity contribution is 0.00578. The van der Waals surface area contributed by atoms with Crippen molar-refractivity contribution >= 4 is 35.4 Å². The van der Waals surface area contributed by atoms with Crippen molar-refractivity contribution in [3.05, 3.63) is 48.5 Å². The fourth-order valence-corrected chi connectivity index (χ4v) is 4.69. The number of benzene rings is 2. The summed E-state index contributed by atoms with van der Waals surface area (Å²) in [7, 11) is -0.453. The quantitative estimate of drug-likeness (QED) is 0.461. The zero-order chi connectivity index (χ0) is 18.1. The van der Waals surface area contributed by atoms with E-state index < -0.39 is 7.12 Å². The molecule has 0 saturated carbocycles. The van der Waals surface area contributed by atoms with Crippen LogP contribution in [0.3, 0.4) is 0 Å². The maximum atomic E-state index is 6.24. The van der Waals surface area contributed by atoms with Crippen molar-refractivity contribution in [3.8, 4) is 11.1 Å². The molecular formula is C21H20BNO2S. The number of aromatic nitrogens is 1. The van der Waals surface area contributed by atoms with Crippen molar-refractivity contribution in [2.45, 2.75) is 48.7 Å². The van der Waals surface area contributed by atoms with Crippen molar-refractivity contribution in [1.82, 2.24) is 4.98 Å². The lowest BCUT2D eigenvalue weighted by Crippen LogP contribution is -2.41. The minimum atomic E-state index is -0.453. The van der Waals surface area contributed by atoms with E-state index in [9.17, 15) is 0 Å². The Balaban J connectivity index is 1.72. The van der Waals surface area contributed by atoms with Crippen LogP contribution in [0.2, 0.25) is 0 Å². The predicted octanol–water partition coefficient (Wildman–Crippen LogP) is 4.67. The van der Waals surface area contributed by atoms with E-state index in [1.807, 2.05) is 11.8 Å². The van der Waals surface area contributed by atoms with Crippen LogP contribution in [0.15, 0.2) is 58.3 Å². The molecule has 1 fully saturated rings.